The largest absolute Gasteiger partial charge is 0.394 e. The number of benzene rings is 2. The van der Waals surface area contributed by atoms with E-state index >= 15 is 0 Å². The van der Waals surface area contributed by atoms with E-state index in [4.69, 9.17) is 0 Å². The van der Waals surface area contributed by atoms with Crippen molar-refractivity contribution in [3.05, 3.63) is 95.3 Å². The number of pyridine rings is 1. The van der Waals surface area contributed by atoms with E-state index in [1.54, 1.807) is 24.4 Å². The van der Waals surface area contributed by atoms with E-state index in [9.17, 15) is 23.8 Å². The van der Waals surface area contributed by atoms with Crippen molar-refractivity contribution >= 4 is 5.91 Å². The van der Waals surface area contributed by atoms with Gasteiger partial charge in [-0.1, -0.05) is 12.1 Å². The lowest BCUT2D eigenvalue weighted by atomic mass is 10.0. The molecular formula is C25H22F2N4O3. The van der Waals surface area contributed by atoms with Gasteiger partial charge in [0.25, 0.3) is 5.91 Å². The molecule has 0 bridgehead atoms. The number of carbonyl (C=O) groups excluding carboxylic acids is 1. The average molecular weight is 464 g/mol. The van der Waals surface area contributed by atoms with E-state index < -0.39 is 30.2 Å². The molecule has 4 rings (SSSR count). The third-order valence-corrected chi connectivity index (χ3v) is 5.36. The molecule has 0 fully saturated rings. The summed E-state index contributed by atoms with van der Waals surface area (Å²) in [7, 11) is 0. The van der Waals surface area contributed by atoms with Gasteiger partial charge in [-0.05, 0) is 48.5 Å². The molecule has 2 heterocycles. The second-order valence-corrected chi connectivity index (χ2v) is 7.67. The third kappa shape index (κ3) is 5.00. The minimum Gasteiger partial charge on any atom is -0.394 e. The van der Waals surface area contributed by atoms with Gasteiger partial charge in [-0.2, -0.15) is 5.10 Å². The molecule has 1 amide bonds. The second-order valence-electron chi connectivity index (χ2n) is 7.67. The van der Waals surface area contributed by atoms with Crippen molar-refractivity contribution in [2.45, 2.75) is 19.1 Å². The van der Waals surface area contributed by atoms with Crippen molar-refractivity contribution in [2.24, 2.45) is 0 Å². The van der Waals surface area contributed by atoms with Crippen molar-refractivity contribution in [1.29, 1.82) is 0 Å². The van der Waals surface area contributed by atoms with Crippen LogP contribution in [0, 0.1) is 11.6 Å². The molecule has 0 saturated heterocycles. The lowest BCUT2D eigenvalue weighted by molar-refractivity contribution is 0.0916. The number of carbonyl (C=O) groups is 1. The lowest BCUT2D eigenvalue weighted by Crippen LogP contribution is -2.39. The third-order valence-electron chi connectivity index (χ3n) is 5.36. The Balaban J connectivity index is 1.62. The van der Waals surface area contributed by atoms with E-state index in [-0.39, 0.29) is 29.0 Å². The van der Waals surface area contributed by atoms with Crippen LogP contribution >= 0.6 is 0 Å². The molecule has 9 heteroatoms. The lowest BCUT2D eigenvalue weighted by Gasteiger charge is -2.17. The number of halogens is 2. The number of aromatic nitrogens is 3. The summed E-state index contributed by atoms with van der Waals surface area (Å²) in [5.41, 5.74) is 2.03. The van der Waals surface area contributed by atoms with Crippen LogP contribution in [0.25, 0.3) is 22.5 Å². The van der Waals surface area contributed by atoms with E-state index in [0.717, 1.165) is 0 Å². The molecule has 34 heavy (non-hydrogen) atoms. The van der Waals surface area contributed by atoms with Crippen molar-refractivity contribution in [3.63, 3.8) is 0 Å². The molecule has 0 saturated carbocycles. The fraction of sp³-hybridized carbons (Fsp3) is 0.160. The van der Waals surface area contributed by atoms with Crippen LogP contribution < -0.4 is 5.32 Å². The number of aromatic amines is 1. The number of aliphatic hydroxyl groups excluding tert-OH is 2. The molecule has 7 nitrogen and oxygen atoms in total. The van der Waals surface area contributed by atoms with Crippen molar-refractivity contribution in [2.75, 3.05) is 6.61 Å². The predicted octanol–water partition coefficient (Wildman–Crippen LogP) is 3.24. The molecule has 4 N–H and O–H groups in total. The highest BCUT2D eigenvalue weighted by atomic mass is 19.1. The van der Waals surface area contributed by atoms with Gasteiger partial charge in [0.1, 0.15) is 11.6 Å². The SMILES string of the molecule is O=C(N[C@@H](CO)Cc1ccccn1)c1cccc(F)c1-c1cc(-c2ccc(F)c(CO)c2)[nH]n1. The van der Waals surface area contributed by atoms with Crippen LogP contribution in [0.1, 0.15) is 21.6 Å². The summed E-state index contributed by atoms with van der Waals surface area (Å²) in [6, 6.07) is 14.6. The summed E-state index contributed by atoms with van der Waals surface area (Å²) in [5, 5.41) is 28.7. The van der Waals surface area contributed by atoms with Crippen LogP contribution in [-0.4, -0.2) is 44.0 Å². The number of H-pyrrole nitrogens is 1. The fourth-order valence-electron chi connectivity index (χ4n) is 3.63. The molecule has 0 spiro atoms. The Kier molecular flexibility index (Phi) is 7.05. The zero-order valence-electron chi connectivity index (χ0n) is 18.0. The second kappa shape index (κ2) is 10.3. The molecular weight excluding hydrogens is 442 g/mol. The molecule has 0 aliphatic heterocycles. The molecule has 0 radical (unpaired) electrons. The maximum Gasteiger partial charge on any atom is 0.252 e. The van der Waals surface area contributed by atoms with E-state index in [1.165, 1.54) is 36.4 Å². The smallest absolute Gasteiger partial charge is 0.252 e. The summed E-state index contributed by atoms with van der Waals surface area (Å²) < 4.78 is 28.6. The maximum atomic E-state index is 14.9. The number of nitrogens with one attached hydrogen (secondary N) is 2. The van der Waals surface area contributed by atoms with E-state index in [0.29, 0.717) is 23.4 Å². The van der Waals surface area contributed by atoms with Gasteiger partial charge >= 0.3 is 0 Å². The molecule has 4 aromatic rings. The topological polar surface area (TPSA) is 111 Å². The van der Waals surface area contributed by atoms with Gasteiger partial charge in [-0.15, -0.1) is 0 Å². The Hall–Kier alpha value is -3.95. The van der Waals surface area contributed by atoms with Crippen LogP contribution in [0.4, 0.5) is 8.78 Å². The number of hydrogen-bond acceptors (Lipinski definition) is 5. The Morgan fingerprint density at radius 1 is 1.03 bits per heavy atom. The summed E-state index contributed by atoms with van der Waals surface area (Å²) >= 11 is 0. The van der Waals surface area contributed by atoms with E-state index in [1.807, 2.05) is 6.07 Å². The van der Waals surface area contributed by atoms with Crippen LogP contribution in [0.3, 0.4) is 0 Å². The maximum absolute atomic E-state index is 14.9. The van der Waals surface area contributed by atoms with Crippen LogP contribution in [0.2, 0.25) is 0 Å². The van der Waals surface area contributed by atoms with Crippen LogP contribution in [0.15, 0.2) is 66.9 Å². The van der Waals surface area contributed by atoms with E-state index in [2.05, 4.69) is 20.5 Å². The summed E-state index contributed by atoms with van der Waals surface area (Å²) in [5.74, 6) is -1.76. The quantitative estimate of drug-likeness (QED) is 0.320. The standard InChI is InChI=1S/C25H22F2N4O3/c26-20-8-7-15(10-16(20)13-32)22-12-23(31-30-22)24-19(5-3-6-21(24)27)25(34)29-18(14-33)11-17-4-1-2-9-28-17/h1-10,12,18,32-33H,11,13-14H2,(H,29,34)(H,30,31)/t18-/m1/s1. The Bertz CT molecular complexity index is 1290. The highest BCUT2D eigenvalue weighted by molar-refractivity contribution is 6.01. The Morgan fingerprint density at radius 3 is 2.62 bits per heavy atom. The fourth-order valence-corrected chi connectivity index (χ4v) is 3.63. The first-order chi connectivity index (χ1) is 16.5. The molecule has 2 aromatic carbocycles. The van der Waals surface area contributed by atoms with Gasteiger partial charge in [0.2, 0.25) is 0 Å². The number of hydrogen-bond donors (Lipinski definition) is 4. The number of nitrogens with zero attached hydrogens (tertiary/aromatic N) is 2. The number of aliphatic hydroxyl groups is 2. The molecule has 174 valence electrons. The molecule has 0 unspecified atom stereocenters. The normalized spacial score (nSPS) is 11.9. The van der Waals surface area contributed by atoms with Crippen LogP contribution in [-0.2, 0) is 13.0 Å². The Morgan fingerprint density at radius 2 is 1.88 bits per heavy atom. The Labute approximate surface area is 194 Å². The minimum absolute atomic E-state index is 0.0125. The highest BCUT2D eigenvalue weighted by Gasteiger charge is 2.22. The monoisotopic (exact) mass is 464 g/mol. The minimum atomic E-state index is -0.647. The van der Waals surface area contributed by atoms with Gasteiger partial charge < -0.3 is 15.5 Å². The zero-order valence-corrected chi connectivity index (χ0v) is 18.0. The average Bonchev–Trinajstić information content (AvgIpc) is 3.34. The highest BCUT2D eigenvalue weighted by Crippen LogP contribution is 2.29. The summed E-state index contributed by atoms with van der Waals surface area (Å²) in [4.78, 5) is 17.2. The first-order valence-electron chi connectivity index (χ1n) is 10.6. The summed E-state index contributed by atoms with van der Waals surface area (Å²) in [6.07, 6.45) is 1.92. The van der Waals surface area contributed by atoms with Gasteiger partial charge in [0.15, 0.2) is 0 Å². The van der Waals surface area contributed by atoms with Crippen molar-refractivity contribution in [3.8, 4) is 22.5 Å². The van der Waals surface area contributed by atoms with Gasteiger partial charge in [0.05, 0.1) is 41.8 Å². The molecule has 1 atom stereocenters. The van der Waals surface area contributed by atoms with Crippen molar-refractivity contribution < 1.29 is 23.8 Å². The summed E-state index contributed by atoms with van der Waals surface area (Å²) in [6.45, 7) is -0.792. The molecule has 2 aromatic heterocycles. The molecule has 0 aliphatic carbocycles. The molecule has 0 aliphatic rings. The van der Waals surface area contributed by atoms with Gasteiger partial charge in [-0.25, -0.2) is 8.78 Å². The van der Waals surface area contributed by atoms with Gasteiger partial charge in [0, 0.05) is 29.4 Å². The predicted molar refractivity (Wildman–Crippen MR) is 122 cm³/mol. The number of amides is 1. The van der Waals surface area contributed by atoms with Crippen molar-refractivity contribution in [1.82, 2.24) is 20.5 Å². The first-order valence-corrected chi connectivity index (χ1v) is 10.6. The van der Waals surface area contributed by atoms with Gasteiger partial charge in [-0.3, -0.25) is 14.9 Å². The zero-order chi connectivity index (χ0) is 24.1. The first kappa shape index (κ1) is 23.2. The number of rotatable bonds is 8. The van der Waals surface area contributed by atoms with Crippen LogP contribution in [0.5, 0.6) is 0 Å².